The third-order valence-electron chi connectivity index (χ3n) is 22.8. The van der Waals surface area contributed by atoms with Crippen LogP contribution in [0.2, 0.25) is 0 Å². The van der Waals surface area contributed by atoms with Crippen LogP contribution in [0, 0.1) is 0 Å². The molecule has 15 aromatic rings. The summed E-state index contributed by atoms with van der Waals surface area (Å²) in [6.07, 6.45) is 8.23. The van der Waals surface area contributed by atoms with Crippen molar-refractivity contribution in [1.82, 2.24) is 25.8 Å². The van der Waals surface area contributed by atoms with Gasteiger partial charge in [-0.15, -0.1) is 0 Å². The molecule has 0 unspecified atom stereocenters. The van der Waals surface area contributed by atoms with Gasteiger partial charge in [0.25, 0.3) is 0 Å². The lowest BCUT2D eigenvalue weighted by Gasteiger charge is -2.18. The van der Waals surface area contributed by atoms with E-state index < -0.39 is 5.92 Å². The SMILES string of the molecule is C=Cc1ccc2c(ccc3onc([C@@H]4CCC(=O)CC4=O)c32)c1.C=Cc1ccc2c(ccc3onc([C@H]4CCC(=O)CC4=O)c32)c1.CC(=O)Nc1ccc2c(ccc3onc([C@@H]4CCC(=O)CC4=O)c32)c1.CNc1ccc2c(ccc3onc([C@@H]4CCC(=O)CC4=O)c32)c1.CNc1ccc2c(ccc3onc([C@H]4CCC(=O)CC4=O)c32)c1. The molecule has 0 spiro atoms. The second-order valence-corrected chi connectivity index (χ2v) is 30.3. The van der Waals surface area contributed by atoms with Crippen LogP contribution in [0.4, 0.5) is 17.1 Å². The summed E-state index contributed by atoms with van der Waals surface area (Å²) >= 11 is 0. The molecule has 1 amide bonds. The van der Waals surface area contributed by atoms with Gasteiger partial charge in [-0.3, -0.25) is 52.7 Å². The number of carbonyl (C=O) groups is 11. The Kier molecular flexibility index (Phi) is 21.4. The Morgan fingerprint density at radius 3 is 0.786 bits per heavy atom. The fourth-order valence-electron chi connectivity index (χ4n) is 16.8. The zero-order chi connectivity index (χ0) is 81.4. The number of carbonyl (C=O) groups excluding carboxylic acids is 11. The van der Waals surface area contributed by atoms with Gasteiger partial charge in [-0.2, -0.15) is 0 Å². The van der Waals surface area contributed by atoms with E-state index in [2.05, 4.69) is 67.0 Å². The quantitative estimate of drug-likeness (QED) is 0.107. The molecule has 5 aromatic heterocycles. The van der Waals surface area contributed by atoms with Gasteiger partial charge in [0.15, 0.2) is 27.9 Å². The second-order valence-electron chi connectivity index (χ2n) is 30.3. The molecule has 10 aromatic carbocycles. The fourth-order valence-corrected chi connectivity index (χ4v) is 16.8. The first kappa shape index (κ1) is 77.1. The molecule has 5 fully saturated rings. The molecule has 3 N–H and O–H groups in total. The van der Waals surface area contributed by atoms with E-state index in [1.807, 2.05) is 154 Å². The van der Waals surface area contributed by atoms with Crippen LogP contribution >= 0.6 is 0 Å². The van der Waals surface area contributed by atoms with Gasteiger partial charge < -0.3 is 38.6 Å². The molecule has 24 heteroatoms. The van der Waals surface area contributed by atoms with E-state index in [1.165, 1.54) is 6.92 Å². The van der Waals surface area contributed by atoms with Crippen molar-refractivity contribution >= 4 is 202 Å². The fraction of sp³-hybridized carbons (Fsp3) is 0.247. The number of benzene rings is 10. The van der Waals surface area contributed by atoms with E-state index in [0.29, 0.717) is 126 Å². The normalized spacial score (nSPS) is 18.6. The Morgan fingerprint density at radius 1 is 0.325 bits per heavy atom. The predicted molar refractivity (Wildman–Crippen MR) is 444 cm³/mol. The van der Waals surface area contributed by atoms with E-state index in [9.17, 15) is 52.7 Å². The third-order valence-corrected chi connectivity index (χ3v) is 22.8. The van der Waals surface area contributed by atoms with Gasteiger partial charge in [-0.05, 0) is 176 Å². The standard InChI is InChI=1S/C19H16N2O4.2C19H15NO3.2C18H16N2O3/c1-10(22)20-12-3-5-14-11(8-12)2-7-17-18(14)19(21-25-17)15-6-4-13(23)9-16(15)24;2*1-2-11-3-6-14-12(9-11)4-8-17-18(14)19(20-23-17)15-7-5-13(21)10-16(15)22;2*1-19-11-3-5-13-10(8-11)2-7-16-17(13)18(20-23-16)14-6-4-12(21)9-15(14)22/h2-3,5,7-8,15H,4,6,9H2,1H3,(H,20,22);2*2-4,6,8-9,15H,1,5,7,10H2;2*2-3,5,7-8,14,19H,4,6,9H2,1H3/t3*15-;2*14-/m11010/s1. The highest BCUT2D eigenvalue weighted by Crippen LogP contribution is 2.44. The predicted octanol–water partition coefficient (Wildman–Crippen LogP) is 18.3. The second kappa shape index (κ2) is 32.5. The number of hydrogen-bond donors (Lipinski definition) is 3. The molecule has 5 heterocycles. The van der Waals surface area contributed by atoms with Crippen LogP contribution in [0.15, 0.2) is 187 Å². The Balaban J connectivity index is 0.000000110. The maximum Gasteiger partial charge on any atom is 0.221 e. The Hall–Kier alpha value is -13.9. The number of nitrogens with one attached hydrogen (secondary N) is 3. The van der Waals surface area contributed by atoms with E-state index >= 15 is 0 Å². The molecule has 586 valence electrons. The first-order chi connectivity index (χ1) is 56.7. The van der Waals surface area contributed by atoms with E-state index in [-0.39, 0.29) is 120 Å². The van der Waals surface area contributed by atoms with Crippen LogP contribution in [0.5, 0.6) is 0 Å². The highest BCUT2D eigenvalue weighted by atomic mass is 16.5. The van der Waals surface area contributed by atoms with Gasteiger partial charge >= 0.3 is 0 Å². The molecule has 5 atom stereocenters. The summed E-state index contributed by atoms with van der Waals surface area (Å²) in [5, 5.41) is 44.2. The Bertz CT molecular complexity index is 6390. The van der Waals surface area contributed by atoms with Gasteiger partial charge in [-0.1, -0.05) is 124 Å². The number of amides is 1. The van der Waals surface area contributed by atoms with E-state index in [0.717, 1.165) is 103 Å². The zero-order valence-electron chi connectivity index (χ0n) is 64.3. The zero-order valence-corrected chi connectivity index (χ0v) is 64.3. The molecule has 0 bridgehead atoms. The average Bonchev–Trinajstić information content (AvgIpc) is 1.71. The summed E-state index contributed by atoms with van der Waals surface area (Å²) in [4.78, 5) is 130. The molecule has 5 saturated carbocycles. The van der Waals surface area contributed by atoms with Crippen molar-refractivity contribution in [2.75, 3.05) is 30.0 Å². The summed E-state index contributed by atoms with van der Waals surface area (Å²) in [6, 6.07) is 48.9. The topological polar surface area (TPSA) is 354 Å². The number of rotatable bonds is 10. The number of anilines is 3. The molecule has 24 nitrogen and oxygen atoms in total. The minimum atomic E-state index is -0.403. The lowest BCUT2D eigenvalue weighted by atomic mass is 9.83. The van der Waals surface area contributed by atoms with Crippen molar-refractivity contribution in [1.29, 1.82) is 0 Å². The van der Waals surface area contributed by atoms with Gasteiger partial charge in [0.2, 0.25) is 5.91 Å². The Labute approximate surface area is 666 Å². The highest BCUT2D eigenvalue weighted by molar-refractivity contribution is 6.17. The Morgan fingerprint density at radius 2 is 0.556 bits per heavy atom. The van der Waals surface area contributed by atoms with E-state index in [1.54, 1.807) is 12.2 Å². The van der Waals surface area contributed by atoms with Crippen LogP contribution in [-0.2, 0) is 52.7 Å². The number of nitrogens with zero attached hydrogens (tertiary/aromatic N) is 5. The van der Waals surface area contributed by atoms with E-state index in [4.69, 9.17) is 22.6 Å². The average molecular weight is 1560 g/mol. The van der Waals surface area contributed by atoms with Crippen LogP contribution in [0.3, 0.4) is 0 Å². The first-order valence-corrected chi connectivity index (χ1v) is 38.9. The summed E-state index contributed by atoms with van der Waals surface area (Å²) in [6.45, 7) is 9.04. The molecule has 5 aliphatic rings. The van der Waals surface area contributed by atoms with Gasteiger partial charge in [0.05, 0.1) is 88.6 Å². The van der Waals surface area contributed by atoms with Gasteiger partial charge in [0.1, 0.15) is 86.3 Å². The van der Waals surface area contributed by atoms with Crippen molar-refractivity contribution in [3.05, 3.63) is 204 Å². The molecule has 117 heavy (non-hydrogen) atoms. The smallest absolute Gasteiger partial charge is 0.221 e. The van der Waals surface area contributed by atoms with Crippen molar-refractivity contribution < 1.29 is 75.4 Å². The molecular formula is C93H78N8O16. The van der Waals surface area contributed by atoms with Crippen molar-refractivity contribution in [3.8, 4) is 0 Å². The minimum absolute atomic E-state index is 0.00436. The maximum absolute atomic E-state index is 12.3. The summed E-state index contributed by atoms with van der Waals surface area (Å²) in [5.41, 5.74) is 11.4. The van der Waals surface area contributed by atoms with Crippen molar-refractivity contribution in [2.24, 2.45) is 0 Å². The first-order valence-electron chi connectivity index (χ1n) is 38.9. The lowest BCUT2D eigenvalue weighted by Crippen LogP contribution is -2.23. The molecule has 5 aliphatic carbocycles. The minimum Gasteiger partial charge on any atom is -0.388 e. The van der Waals surface area contributed by atoms with Crippen molar-refractivity contribution in [3.63, 3.8) is 0 Å². The third kappa shape index (κ3) is 15.4. The molecule has 0 radical (unpaired) electrons. The molecule has 0 aliphatic heterocycles. The molecular weight excluding hydrogens is 1490 g/mol. The maximum atomic E-state index is 12.3. The molecule has 20 rings (SSSR count). The highest BCUT2D eigenvalue weighted by Gasteiger charge is 2.38. The van der Waals surface area contributed by atoms with Gasteiger partial charge in [0, 0.05) is 70.2 Å². The molecule has 0 saturated heterocycles. The summed E-state index contributed by atoms with van der Waals surface area (Å²) in [5.74, 6) is -2.21. The number of aromatic nitrogens is 5. The lowest BCUT2D eigenvalue weighted by molar-refractivity contribution is -0.132. The number of ketones is 10. The number of hydrogen-bond acceptors (Lipinski definition) is 23. The summed E-state index contributed by atoms with van der Waals surface area (Å²) in [7, 11) is 3.75. The van der Waals surface area contributed by atoms with Crippen LogP contribution < -0.4 is 16.0 Å². The van der Waals surface area contributed by atoms with Crippen molar-refractivity contribution in [2.45, 2.75) is 133 Å². The summed E-state index contributed by atoms with van der Waals surface area (Å²) < 4.78 is 27.2. The largest absolute Gasteiger partial charge is 0.388 e. The van der Waals surface area contributed by atoms with Gasteiger partial charge in [-0.25, -0.2) is 0 Å². The number of fused-ring (bicyclic) bond motifs is 15. The van der Waals surface area contributed by atoms with Crippen LogP contribution in [-0.4, -0.2) is 104 Å². The van der Waals surface area contributed by atoms with Crippen LogP contribution in [0.1, 0.15) is 172 Å². The van der Waals surface area contributed by atoms with Crippen LogP contribution in [0.25, 0.3) is 121 Å². The number of Topliss-reactive ketones (excluding diaryl/α,β-unsaturated/α-hetero) is 10. The monoisotopic (exact) mass is 1560 g/mol.